The smallest absolute Gasteiger partial charge is 0.227 e. The van der Waals surface area contributed by atoms with Crippen molar-refractivity contribution in [3.63, 3.8) is 0 Å². The summed E-state index contributed by atoms with van der Waals surface area (Å²) in [6.07, 6.45) is 2.03. The minimum atomic E-state index is -0.102. The van der Waals surface area contributed by atoms with Gasteiger partial charge in [-0.05, 0) is 37.1 Å². The van der Waals surface area contributed by atoms with Gasteiger partial charge in [0.05, 0.1) is 7.11 Å². The van der Waals surface area contributed by atoms with Gasteiger partial charge in [0.2, 0.25) is 5.91 Å². The summed E-state index contributed by atoms with van der Waals surface area (Å²) in [6, 6.07) is 9.76. The Morgan fingerprint density at radius 3 is 2.59 bits per heavy atom. The molecule has 3 N–H and O–H groups in total. The van der Waals surface area contributed by atoms with E-state index in [1.54, 1.807) is 26.4 Å². The van der Waals surface area contributed by atoms with Gasteiger partial charge in [-0.15, -0.1) is 0 Å². The quantitative estimate of drug-likeness (QED) is 0.515. The maximum absolute atomic E-state index is 12.0. The van der Waals surface area contributed by atoms with Crippen LogP contribution in [0.4, 0.5) is 5.82 Å². The van der Waals surface area contributed by atoms with E-state index < -0.39 is 0 Å². The van der Waals surface area contributed by atoms with Crippen molar-refractivity contribution >= 4 is 17.7 Å². The third-order valence-electron chi connectivity index (χ3n) is 3.94. The zero-order valence-corrected chi connectivity index (χ0v) is 16.3. The van der Waals surface area contributed by atoms with Crippen molar-refractivity contribution in [3.05, 3.63) is 53.2 Å². The van der Waals surface area contributed by atoms with Crippen molar-refractivity contribution in [2.24, 2.45) is 4.99 Å². The van der Waals surface area contributed by atoms with Gasteiger partial charge in [0.15, 0.2) is 5.96 Å². The number of nitrogens with zero attached hydrogens (tertiary/aromatic N) is 2. The molecule has 2 aromatic rings. The Balaban J connectivity index is 1.77. The highest BCUT2D eigenvalue weighted by atomic mass is 16.5. The van der Waals surface area contributed by atoms with Crippen molar-refractivity contribution in [2.75, 3.05) is 26.0 Å². The molecule has 0 aliphatic heterocycles. The number of ether oxygens (including phenoxy) is 1. The summed E-state index contributed by atoms with van der Waals surface area (Å²) in [6.45, 7) is 5.01. The lowest BCUT2D eigenvalue weighted by molar-refractivity contribution is -0.116. The van der Waals surface area contributed by atoms with E-state index >= 15 is 0 Å². The van der Waals surface area contributed by atoms with Crippen LogP contribution in [-0.2, 0) is 11.3 Å². The van der Waals surface area contributed by atoms with Gasteiger partial charge < -0.3 is 20.7 Å². The maximum Gasteiger partial charge on any atom is 0.227 e. The first-order valence-corrected chi connectivity index (χ1v) is 8.82. The van der Waals surface area contributed by atoms with Crippen LogP contribution < -0.4 is 20.7 Å². The molecule has 0 spiro atoms. The van der Waals surface area contributed by atoms with Crippen molar-refractivity contribution in [3.8, 4) is 5.75 Å². The second kappa shape index (κ2) is 10.2. The lowest BCUT2D eigenvalue weighted by Crippen LogP contribution is -2.38. The lowest BCUT2D eigenvalue weighted by atomic mass is 10.1. The van der Waals surface area contributed by atoms with E-state index in [1.807, 2.05) is 38.1 Å². The lowest BCUT2D eigenvalue weighted by Gasteiger charge is -2.14. The van der Waals surface area contributed by atoms with Gasteiger partial charge in [0.25, 0.3) is 0 Å². The molecule has 7 nitrogen and oxygen atoms in total. The molecule has 0 radical (unpaired) electrons. The number of aliphatic imine (C=N–C) groups is 1. The van der Waals surface area contributed by atoms with Gasteiger partial charge in [0.1, 0.15) is 11.6 Å². The number of hydrogen-bond acceptors (Lipinski definition) is 4. The molecule has 1 aromatic heterocycles. The summed E-state index contributed by atoms with van der Waals surface area (Å²) >= 11 is 0. The predicted molar refractivity (Wildman–Crippen MR) is 108 cm³/mol. The van der Waals surface area contributed by atoms with Crippen molar-refractivity contribution in [1.82, 2.24) is 15.6 Å². The summed E-state index contributed by atoms with van der Waals surface area (Å²) in [5.41, 5.74) is 3.23. The number of amides is 1. The Labute approximate surface area is 160 Å². The van der Waals surface area contributed by atoms with Gasteiger partial charge in [-0.2, -0.15) is 0 Å². The third kappa shape index (κ3) is 6.62. The predicted octanol–water partition coefficient (Wildman–Crippen LogP) is 2.40. The molecule has 27 heavy (non-hydrogen) atoms. The minimum absolute atomic E-state index is 0.102. The van der Waals surface area contributed by atoms with Crippen LogP contribution in [-0.4, -0.2) is 37.6 Å². The largest absolute Gasteiger partial charge is 0.496 e. The molecule has 1 heterocycles. The van der Waals surface area contributed by atoms with Crippen molar-refractivity contribution < 1.29 is 9.53 Å². The van der Waals surface area contributed by atoms with Gasteiger partial charge in [-0.25, -0.2) is 4.98 Å². The fourth-order valence-electron chi connectivity index (χ4n) is 2.44. The highest BCUT2D eigenvalue weighted by Crippen LogP contribution is 2.19. The average molecular weight is 369 g/mol. The van der Waals surface area contributed by atoms with E-state index in [-0.39, 0.29) is 5.91 Å². The molecule has 0 aliphatic carbocycles. The number of aryl methyl sites for hydroxylation is 2. The molecule has 0 fully saturated rings. The molecule has 2 rings (SSSR count). The van der Waals surface area contributed by atoms with Gasteiger partial charge in [0, 0.05) is 38.3 Å². The van der Waals surface area contributed by atoms with Gasteiger partial charge >= 0.3 is 0 Å². The summed E-state index contributed by atoms with van der Waals surface area (Å²) in [7, 11) is 3.35. The molecule has 144 valence electrons. The molecule has 0 atom stereocenters. The van der Waals surface area contributed by atoms with Crippen LogP contribution in [0.2, 0.25) is 0 Å². The topological polar surface area (TPSA) is 87.6 Å². The fraction of sp³-hybridized carbons (Fsp3) is 0.350. The SMILES string of the molecule is CN=C(NCCC(=O)Nc1ccc(C)cn1)NCc1ccc(C)cc1OC. The Bertz CT molecular complexity index is 787. The van der Waals surface area contributed by atoms with Gasteiger partial charge in [-0.3, -0.25) is 9.79 Å². The molecular weight excluding hydrogens is 342 g/mol. The average Bonchev–Trinajstić information content (AvgIpc) is 2.67. The van der Waals surface area contributed by atoms with Crippen LogP contribution in [0.3, 0.4) is 0 Å². The number of carbonyl (C=O) groups excluding carboxylic acids is 1. The first kappa shape index (κ1) is 20.2. The monoisotopic (exact) mass is 369 g/mol. The second-order valence-corrected chi connectivity index (χ2v) is 6.19. The normalized spacial score (nSPS) is 11.0. The number of carbonyl (C=O) groups is 1. The minimum Gasteiger partial charge on any atom is -0.496 e. The Hall–Kier alpha value is -3.09. The molecule has 0 saturated carbocycles. The van der Waals surface area contributed by atoms with E-state index in [1.165, 1.54) is 0 Å². The first-order valence-electron chi connectivity index (χ1n) is 8.82. The number of anilines is 1. The first-order chi connectivity index (χ1) is 13.0. The molecular formula is C20H27N5O2. The number of nitrogens with one attached hydrogen (secondary N) is 3. The summed E-state index contributed by atoms with van der Waals surface area (Å²) in [5.74, 6) is 1.91. The Morgan fingerprint density at radius 1 is 1.15 bits per heavy atom. The van der Waals surface area contributed by atoms with Crippen molar-refractivity contribution in [1.29, 1.82) is 0 Å². The van der Waals surface area contributed by atoms with Gasteiger partial charge in [-0.1, -0.05) is 18.2 Å². The van der Waals surface area contributed by atoms with E-state index in [0.29, 0.717) is 31.3 Å². The number of pyridine rings is 1. The molecule has 0 unspecified atom stereocenters. The van der Waals surface area contributed by atoms with Crippen LogP contribution in [0.1, 0.15) is 23.1 Å². The van der Waals surface area contributed by atoms with Crippen LogP contribution in [0, 0.1) is 13.8 Å². The highest BCUT2D eigenvalue weighted by molar-refractivity contribution is 5.90. The Morgan fingerprint density at radius 2 is 1.93 bits per heavy atom. The van der Waals surface area contributed by atoms with E-state index in [4.69, 9.17) is 4.74 Å². The van der Waals surface area contributed by atoms with Crippen LogP contribution in [0.15, 0.2) is 41.5 Å². The molecule has 0 bridgehead atoms. The van der Waals surface area contributed by atoms with Crippen LogP contribution in [0.25, 0.3) is 0 Å². The third-order valence-corrected chi connectivity index (χ3v) is 3.94. The summed E-state index contributed by atoms with van der Waals surface area (Å²) < 4.78 is 5.41. The van der Waals surface area contributed by atoms with Crippen LogP contribution >= 0.6 is 0 Å². The number of benzene rings is 1. The van der Waals surface area contributed by atoms with Crippen LogP contribution in [0.5, 0.6) is 5.75 Å². The Kier molecular flexibility index (Phi) is 7.61. The zero-order valence-electron chi connectivity index (χ0n) is 16.3. The number of guanidine groups is 1. The van der Waals surface area contributed by atoms with E-state index in [2.05, 4.69) is 25.9 Å². The second-order valence-electron chi connectivity index (χ2n) is 6.19. The van der Waals surface area contributed by atoms with E-state index in [0.717, 1.165) is 22.4 Å². The zero-order chi connectivity index (χ0) is 19.6. The summed E-state index contributed by atoms with van der Waals surface area (Å²) in [5, 5.41) is 9.13. The number of rotatable bonds is 7. The maximum atomic E-state index is 12.0. The number of hydrogen-bond donors (Lipinski definition) is 3. The highest BCUT2D eigenvalue weighted by Gasteiger charge is 2.06. The molecule has 7 heteroatoms. The number of methoxy groups -OCH3 is 1. The van der Waals surface area contributed by atoms with E-state index in [9.17, 15) is 4.79 Å². The molecule has 1 amide bonds. The molecule has 0 aliphatic rings. The number of aromatic nitrogens is 1. The molecule has 0 saturated heterocycles. The summed E-state index contributed by atoms with van der Waals surface area (Å²) in [4.78, 5) is 20.3. The standard InChI is InChI=1S/C20H27N5O2/c1-14-5-7-16(17(11-14)27-4)13-24-20(21-3)22-10-9-19(26)25-18-8-6-15(2)12-23-18/h5-8,11-12H,9-10,13H2,1-4H3,(H2,21,22,24)(H,23,25,26). The fourth-order valence-corrected chi connectivity index (χ4v) is 2.44. The molecule has 1 aromatic carbocycles. The van der Waals surface area contributed by atoms with Crippen molar-refractivity contribution in [2.45, 2.75) is 26.8 Å².